The Bertz CT molecular complexity index is 1050. The van der Waals surface area contributed by atoms with Crippen LogP contribution in [0.5, 0.6) is 0 Å². The molecular formula is C30H43N5O3. The highest BCUT2D eigenvalue weighted by molar-refractivity contribution is 5.94. The fraction of sp³-hybridized carbons (Fsp3) is 0.533. The highest BCUT2D eigenvalue weighted by Crippen LogP contribution is 2.27. The van der Waals surface area contributed by atoms with Crippen LogP contribution in [0.25, 0.3) is 11.1 Å². The van der Waals surface area contributed by atoms with Crippen molar-refractivity contribution in [2.45, 2.75) is 64.1 Å². The van der Waals surface area contributed by atoms with Gasteiger partial charge in [0.25, 0.3) is 0 Å². The van der Waals surface area contributed by atoms with Crippen molar-refractivity contribution < 1.29 is 14.3 Å². The first kappa shape index (κ1) is 27.9. The molecule has 0 aromatic heterocycles. The molecule has 0 spiro atoms. The third-order valence-corrected chi connectivity index (χ3v) is 7.12. The number of ether oxygens (including phenoxy) is 1. The van der Waals surface area contributed by atoms with E-state index in [0.29, 0.717) is 0 Å². The predicted octanol–water partition coefficient (Wildman–Crippen LogP) is 4.93. The molecule has 0 aliphatic carbocycles. The van der Waals surface area contributed by atoms with Gasteiger partial charge < -0.3 is 30.5 Å². The zero-order valence-corrected chi connectivity index (χ0v) is 23.0. The number of hydrogen-bond donors (Lipinski definition) is 3. The van der Waals surface area contributed by atoms with Gasteiger partial charge in [-0.05, 0) is 71.2 Å². The van der Waals surface area contributed by atoms with Crippen LogP contribution < -0.4 is 16.0 Å². The van der Waals surface area contributed by atoms with Crippen molar-refractivity contribution in [1.29, 1.82) is 0 Å². The molecule has 2 aromatic carbocycles. The smallest absolute Gasteiger partial charge is 0.407 e. The molecule has 8 heteroatoms. The van der Waals surface area contributed by atoms with E-state index >= 15 is 0 Å². The first-order valence-corrected chi connectivity index (χ1v) is 13.9. The van der Waals surface area contributed by atoms with Gasteiger partial charge in [-0.2, -0.15) is 0 Å². The van der Waals surface area contributed by atoms with E-state index in [1.165, 1.54) is 0 Å². The summed E-state index contributed by atoms with van der Waals surface area (Å²) in [4.78, 5) is 29.7. The second kappa shape index (κ2) is 13.1. The van der Waals surface area contributed by atoms with Crippen LogP contribution in [0.15, 0.2) is 54.6 Å². The van der Waals surface area contributed by atoms with Gasteiger partial charge in [0.15, 0.2) is 0 Å². The van der Waals surface area contributed by atoms with Crippen LogP contribution in [-0.4, -0.2) is 78.9 Å². The van der Waals surface area contributed by atoms with Gasteiger partial charge in [0.2, 0.25) is 0 Å². The lowest BCUT2D eigenvalue weighted by Crippen LogP contribution is -2.46. The van der Waals surface area contributed by atoms with Gasteiger partial charge in [-0.25, -0.2) is 9.59 Å². The number of urea groups is 1. The van der Waals surface area contributed by atoms with Crippen LogP contribution >= 0.6 is 0 Å². The average Bonchev–Trinajstić information content (AvgIpc) is 3.31. The molecule has 38 heavy (non-hydrogen) atoms. The Morgan fingerprint density at radius 2 is 1.47 bits per heavy atom. The normalized spacial score (nSPS) is 19.2. The third kappa shape index (κ3) is 8.74. The minimum atomic E-state index is -0.469. The Hall–Kier alpha value is -3.10. The molecule has 0 bridgehead atoms. The molecule has 2 fully saturated rings. The van der Waals surface area contributed by atoms with Crippen molar-refractivity contribution in [2.75, 3.05) is 44.6 Å². The van der Waals surface area contributed by atoms with Crippen LogP contribution in [0.2, 0.25) is 0 Å². The number of alkyl carbamates (subject to hydrolysis) is 1. The standard InChI is InChI=1S/C30H43N5O3/c1-30(2,3)38-29(37)32-25-16-21-35(22-25)18-9-17-34-19-14-24(15-20-34)31-28(36)33-27-13-8-7-12-26(27)23-10-5-4-6-11-23/h4-8,10-13,24-25H,9,14-22H2,1-3H3,(H,32,37)(H2,31,33,36). The van der Waals surface area contributed by atoms with Crippen LogP contribution in [0.1, 0.15) is 46.5 Å². The fourth-order valence-corrected chi connectivity index (χ4v) is 5.25. The summed E-state index contributed by atoms with van der Waals surface area (Å²) in [6.45, 7) is 11.6. The second-order valence-electron chi connectivity index (χ2n) is 11.4. The van der Waals surface area contributed by atoms with E-state index in [1.54, 1.807) is 0 Å². The first-order chi connectivity index (χ1) is 18.2. The van der Waals surface area contributed by atoms with Gasteiger partial charge in [0.05, 0.1) is 5.69 Å². The van der Waals surface area contributed by atoms with E-state index in [2.05, 4.69) is 37.9 Å². The highest BCUT2D eigenvalue weighted by atomic mass is 16.6. The van der Waals surface area contributed by atoms with Crippen molar-refractivity contribution in [3.63, 3.8) is 0 Å². The minimum absolute atomic E-state index is 0.143. The number of benzene rings is 2. The Balaban J connectivity index is 1.12. The van der Waals surface area contributed by atoms with E-state index in [1.807, 2.05) is 63.2 Å². The summed E-state index contributed by atoms with van der Waals surface area (Å²) in [7, 11) is 0. The molecule has 0 radical (unpaired) electrons. The van der Waals surface area contributed by atoms with Crippen molar-refractivity contribution >= 4 is 17.8 Å². The summed E-state index contributed by atoms with van der Waals surface area (Å²) in [6, 6.07) is 18.2. The lowest BCUT2D eigenvalue weighted by molar-refractivity contribution is 0.0505. The van der Waals surface area contributed by atoms with E-state index in [4.69, 9.17) is 4.74 Å². The molecule has 2 aromatic rings. The Morgan fingerprint density at radius 3 is 2.21 bits per heavy atom. The monoisotopic (exact) mass is 521 g/mol. The lowest BCUT2D eigenvalue weighted by Gasteiger charge is -2.32. The molecular weight excluding hydrogens is 478 g/mol. The van der Waals surface area contributed by atoms with Gasteiger partial charge in [-0.3, -0.25) is 0 Å². The van der Waals surface area contributed by atoms with E-state index in [9.17, 15) is 9.59 Å². The first-order valence-electron chi connectivity index (χ1n) is 13.9. The van der Waals surface area contributed by atoms with Gasteiger partial charge in [-0.15, -0.1) is 0 Å². The second-order valence-corrected chi connectivity index (χ2v) is 11.4. The number of carbonyl (C=O) groups excluding carboxylic acids is 2. The number of carbonyl (C=O) groups is 2. The molecule has 206 valence electrons. The fourth-order valence-electron chi connectivity index (χ4n) is 5.25. The Morgan fingerprint density at radius 1 is 0.842 bits per heavy atom. The number of piperidine rings is 1. The number of likely N-dealkylation sites (tertiary alicyclic amines) is 2. The summed E-state index contributed by atoms with van der Waals surface area (Å²) in [5.41, 5.74) is 2.45. The van der Waals surface area contributed by atoms with Crippen LogP contribution in [0.3, 0.4) is 0 Å². The summed E-state index contributed by atoms with van der Waals surface area (Å²) >= 11 is 0. The predicted molar refractivity (Wildman–Crippen MR) is 152 cm³/mol. The molecule has 8 nitrogen and oxygen atoms in total. The van der Waals surface area contributed by atoms with Crippen LogP contribution in [0.4, 0.5) is 15.3 Å². The number of amides is 3. The third-order valence-electron chi connectivity index (χ3n) is 7.12. The van der Waals surface area contributed by atoms with Crippen LogP contribution in [-0.2, 0) is 4.74 Å². The summed E-state index contributed by atoms with van der Waals surface area (Å²) in [5, 5.41) is 9.23. The Labute approximate surface area is 227 Å². The maximum Gasteiger partial charge on any atom is 0.407 e. The molecule has 2 aliphatic heterocycles. The SMILES string of the molecule is CC(C)(C)OC(=O)NC1CCN(CCCN2CCC(NC(=O)Nc3ccccc3-c3ccccc3)CC2)C1. The largest absolute Gasteiger partial charge is 0.444 e. The average molecular weight is 522 g/mol. The zero-order chi connectivity index (χ0) is 27.0. The summed E-state index contributed by atoms with van der Waals surface area (Å²) < 4.78 is 5.38. The zero-order valence-electron chi connectivity index (χ0n) is 23.0. The number of hydrogen-bond acceptors (Lipinski definition) is 5. The quantitative estimate of drug-likeness (QED) is 0.459. The molecule has 3 N–H and O–H groups in total. The molecule has 0 saturated carbocycles. The molecule has 2 heterocycles. The maximum absolute atomic E-state index is 12.8. The molecule has 3 amide bonds. The summed E-state index contributed by atoms with van der Waals surface area (Å²) in [5.74, 6) is 0. The van der Waals surface area contributed by atoms with Gasteiger partial charge >= 0.3 is 12.1 Å². The topological polar surface area (TPSA) is 85.9 Å². The van der Waals surface area contributed by atoms with Gasteiger partial charge in [-0.1, -0.05) is 48.5 Å². The number of anilines is 1. The highest BCUT2D eigenvalue weighted by Gasteiger charge is 2.26. The van der Waals surface area contributed by atoms with E-state index < -0.39 is 5.60 Å². The van der Waals surface area contributed by atoms with E-state index in [0.717, 1.165) is 81.8 Å². The van der Waals surface area contributed by atoms with E-state index in [-0.39, 0.29) is 24.2 Å². The van der Waals surface area contributed by atoms with Crippen LogP contribution in [0, 0.1) is 0 Å². The van der Waals surface area contributed by atoms with Gasteiger partial charge in [0, 0.05) is 43.8 Å². The number of para-hydroxylation sites is 1. The van der Waals surface area contributed by atoms with Crippen molar-refractivity contribution in [2.24, 2.45) is 0 Å². The molecule has 2 aliphatic rings. The molecule has 1 atom stereocenters. The maximum atomic E-state index is 12.8. The molecule has 1 unspecified atom stereocenters. The minimum Gasteiger partial charge on any atom is -0.444 e. The van der Waals surface area contributed by atoms with Crippen molar-refractivity contribution in [3.05, 3.63) is 54.6 Å². The molecule has 4 rings (SSSR count). The molecule has 2 saturated heterocycles. The van der Waals surface area contributed by atoms with Crippen molar-refractivity contribution in [1.82, 2.24) is 20.4 Å². The number of nitrogens with zero attached hydrogens (tertiary/aromatic N) is 2. The Kier molecular flexibility index (Phi) is 9.63. The number of rotatable bonds is 8. The summed E-state index contributed by atoms with van der Waals surface area (Å²) in [6.07, 6.45) is 3.66. The lowest BCUT2D eigenvalue weighted by atomic mass is 10.0. The number of nitrogens with one attached hydrogen (secondary N) is 3. The van der Waals surface area contributed by atoms with Crippen molar-refractivity contribution in [3.8, 4) is 11.1 Å². The van der Waals surface area contributed by atoms with Gasteiger partial charge in [0.1, 0.15) is 5.60 Å².